The van der Waals surface area contributed by atoms with Crippen LogP contribution in [0.1, 0.15) is 56.1 Å². The second-order valence-electron chi connectivity index (χ2n) is 8.17. The molecule has 0 aromatic heterocycles. The van der Waals surface area contributed by atoms with Gasteiger partial charge >= 0.3 is 0 Å². The molecule has 4 rings (SSSR count). The Morgan fingerprint density at radius 1 is 0.750 bits per heavy atom. The molecule has 1 saturated heterocycles. The van der Waals surface area contributed by atoms with Crippen molar-refractivity contribution in [2.24, 2.45) is 0 Å². The van der Waals surface area contributed by atoms with Gasteiger partial charge in [-0.25, -0.2) is 0 Å². The van der Waals surface area contributed by atoms with Gasteiger partial charge in [0.25, 0.3) is 0 Å². The fourth-order valence-corrected chi connectivity index (χ4v) is 4.49. The predicted octanol–water partition coefficient (Wildman–Crippen LogP) is 6.25. The van der Waals surface area contributed by atoms with Gasteiger partial charge in [0.05, 0.1) is 12.2 Å². The van der Waals surface area contributed by atoms with Gasteiger partial charge in [-0.05, 0) is 68.6 Å². The maximum atomic E-state index is 6.53. The van der Waals surface area contributed by atoms with Crippen LogP contribution in [0.5, 0.6) is 0 Å². The van der Waals surface area contributed by atoms with Crippen molar-refractivity contribution in [2.75, 3.05) is 0 Å². The number of rotatable bonds is 8. The molecule has 1 spiro atoms. The molecule has 0 radical (unpaired) electrons. The number of allylic oxidation sites excluding steroid dienone is 1. The van der Waals surface area contributed by atoms with Crippen LogP contribution in [0, 0.1) is 0 Å². The summed E-state index contributed by atoms with van der Waals surface area (Å²) in [4.78, 5) is 0. The fraction of sp³-hybridized carbons (Fsp3) is 0.462. The van der Waals surface area contributed by atoms with Crippen LogP contribution < -0.4 is 0 Å². The molecule has 0 saturated carbocycles. The Morgan fingerprint density at radius 3 is 1.75 bits per heavy atom. The van der Waals surface area contributed by atoms with Crippen molar-refractivity contribution in [3.63, 3.8) is 0 Å². The molecule has 2 aliphatic rings. The number of benzene rings is 2. The summed E-state index contributed by atoms with van der Waals surface area (Å²) in [7, 11) is 0. The van der Waals surface area contributed by atoms with E-state index < -0.39 is 5.79 Å². The minimum Gasteiger partial charge on any atom is -0.340 e. The Balaban J connectivity index is 1.33. The van der Waals surface area contributed by atoms with Gasteiger partial charge in [0.2, 0.25) is 0 Å². The second-order valence-corrected chi connectivity index (χ2v) is 8.17. The second kappa shape index (κ2) is 9.54. The van der Waals surface area contributed by atoms with Crippen molar-refractivity contribution < 1.29 is 9.47 Å². The molecule has 0 bridgehead atoms. The van der Waals surface area contributed by atoms with Gasteiger partial charge in [-0.15, -0.1) is 0 Å². The van der Waals surface area contributed by atoms with Crippen molar-refractivity contribution in [1.29, 1.82) is 0 Å². The van der Waals surface area contributed by atoms with Gasteiger partial charge in [-0.2, -0.15) is 0 Å². The number of ether oxygens (including phenoxy) is 2. The van der Waals surface area contributed by atoms with E-state index in [2.05, 4.69) is 72.8 Å². The number of hydrogen-bond acceptors (Lipinski definition) is 2. The van der Waals surface area contributed by atoms with Crippen molar-refractivity contribution in [2.45, 2.75) is 75.8 Å². The lowest BCUT2D eigenvalue weighted by Crippen LogP contribution is -2.30. The fourth-order valence-electron chi connectivity index (χ4n) is 4.49. The van der Waals surface area contributed by atoms with Crippen LogP contribution in [0.2, 0.25) is 0 Å². The average Bonchev–Trinajstić information content (AvgIpc) is 3.07. The molecule has 1 heterocycles. The summed E-state index contributed by atoms with van der Waals surface area (Å²) < 4.78 is 13.1. The molecule has 2 aromatic carbocycles. The highest BCUT2D eigenvalue weighted by Gasteiger charge is 2.45. The van der Waals surface area contributed by atoms with Gasteiger partial charge in [-0.3, -0.25) is 0 Å². The van der Waals surface area contributed by atoms with Gasteiger partial charge in [0, 0.05) is 6.42 Å². The molecule has 1 fully saturated rings. The Morgan fingerprint density at radius 2 is 1.29 bits per heavy atom. The van der Waals surface area contributed by atoms with E-state index in [1.165, 1.54) is 11.1 Å². The monoisotopic (exact) mass is 376 g/mol. The molecule has 0 unspecified atom stereocenters. The summed E-state index contributed by atoms with van der Waals surface area (Å²) in [6.07, 6.45) is 14.8. The summed E-state index contributed by atoms with van der Waals surface area (Å²) >= 11 is 0. The van der Waals surface area contributed by atoms with Crippen molar-refractivity contribution in [1.82, 2.24) is 0 Å². The third-order valence-corrected chi connectivity index (χ3v) is 5.98. The zero-order valence-electron chi connectivity index (χ0n) is 16.8. The highest BCUT2D eigenvalue weighted by atomic mass is 16.8. The lowest BCUT2D eigenvalue weighted by Gasteiger charge is -2.27. The zero-order chi connectivity index (χ0) is 19.1. The first-order chi connectivity index (χ1) is 13.8. The molecule has 2 nitrogen and oxygen atoms in total. The van der Waals surface area contributed by atoms with Crippen LogP contribution >= 0.6 is 0 Å². The third-order valence-electron chi connectivity index (χ3n) is 5.98. The molecule has 0 amide bonds. The highest BCUT2D eigenvalue weighted by molar-refractivity contribution is 5.15. The molecule has 0 N–H and O–H groups in total. The maximum absolute atomic E-state index is 6.53. The maximum Gasteiger partial charge on any atom is 0.188 e. The smallest absolute Gasteiger partial charge is 0.188 e. The molecule has 28 heavy (non-hydrogen) atoms. The topological polar surface area (TPSA) is 18.5 Å². The molecule has 2 atom stereocenters. The van der Waals surface area contributed by atoms with E-state index in [0.29, 0.717) is 0 Å². The first-order valence-corrected chi connectivity index (χ1v) is 10.9. The van der Waals surface area contributed by atoms with E-state index in [0.717, 1.165) is 57.8 Å². The van der Waals surface area contributed by atoms with Crippen LogP contribution in [0.25, 0.3) is 0 Å². The van der Waals surface area contributed by atoms with E-state index in [1.54, 1.807) is 0 Å². The van der Waals surface area contributed by atoms with E-state index in [4.69, 9.17) is 9.47 Å². The summed E-state index contributed by atoms with van der Waals surface area (Å²) in [6.45, 7) is 0. The molecule has 1 aliphatic carbocycles. The average molecular weight is 377 g/mol. The molecule has 1 aliphatic heterocycles. The summed E-state index contributed by atoms with van der Waals surface area (Å²) in [6, 6.07) is 21.5. The van der Waals surface area contributed by atoms with Crippen LogP contribution in [0.3, 0.4) is 0 Å². The molecular weight excluding hydrogens is 344 g/mol. The first-order valence-electron chi connectivity index (χ1n) is 10.9. The minimum absolute atomic E-state index is 0.210. The van der Waals surface area contributed by atoms with E-state index >= 15 is 0 Å². The lowest BCUT2D eigenvalue weighted by atomic mass is 9.99. The standard InChI is InChI=1S/C26H32O2/c1-4-12-22(13-5-1)16-10-18-24-25(19-11-17-23-14-6-2-7-15-23)28-26(27-24)20-8-3-9-21-26/h1-2,4-8,12-15,20,24-25H,3,9-11,16-19,21H2/t24-,25-/m0/s1. The summed E-state index contributed by atoms with van der Waals surface area (Å²) in [5.74, 6) is -0.451. The van der Waals surface area contributed by atoms with Crippen LogP contribution in [0.4, 0.5) is 0 Å². The number of hydrogen-bond donors (Lipinski definition) is 0. The molecular formula is C26H32O2. The van der Waals surface area contributed by atoms with Crippen LogP contribution in [-0.2, 0) is 22.3 Å². The Bertz CT molecular complexity index is 684. The summed E-state index contributed by atoms with van der Waals surface area (Å²) in [5.41, 5.74) is 2.82. The SMILES string of the molecule is C1=CC2(CCC1)O[C@@H](CCCc1ccccc1)[C@H](CCCc1ccccc1)O2. The van der Waals surface area contributed by atoms with Crippen molar-refractivity contribution in [3.8, 4) is 0 Å². The van der Waals surface area contributed by atoms with Crippen molar-refractivity contribution >= 4 is 0 Å². The third kappa shape index (κ3) is 5.12. The van der Waals surface area contributed by atoms with Crippen LogP contribution in [0.15, 0.2) is 72.8 Å². The molecule has 148 valence electrons. The Labute approximate surface area is 169 Å². The quantitative estimate of drug-likeness (QED) is 0.507. The van der Waals surface area contributed by atoms with Crippen LogP contribution in [-0.4, -0.2) is 18.0 Å². The summed E-state index contributed by atoms with van der Waals surface area (Å²) in [5, 5.41) is 0. The van der Waals surface area contributed by atoms with Crippen molar-refractivity contribution in [3.05, 3.63) is 83.9 Å². The Kier molecular flexibility index (Phi) is 6.61. The van der Waals surface area contributed by atoms with Gasteiger partial charge < -0.3 is 9.47 Å². The van der Waals surface area contributed by atoms with Gasteiger partial charge in [-0.1, -0.05) is 66.7 Å². The molecule has 2 aromatic rings. The largest absolute Gasteiger partial charge is 0.340 e. The van der Waals surface area contributed by atoms with Gasteiger partial charge in [0.15, 0.2) is 5.79 Å². The lowest BCUT2D eigenvalue weighted by molar-refractivity contribution is -0.145. The van der Waals surface area contributed by atoms with Gasteiger partial charge in [0.1, 0.15) is 0 Å². The van der Waals surface area contributed by atoms with E-state index in [-0.39, 0.29) is 12.2 Å². The Hall–Kier alpha value is -1.90. The minimum atomic E-state index is -0.451. The predicted molar refractivity (Wildman–Crippen MR) is 114 cm³/mol. The normalized spacial score (nSPS) is 23.3. The van der Waals surface area contributed by atoms with E-state index in [1.807, 2.05) is 0 Å². The first kappa shape index (κ1) is 19.4. The van der Waals surface area contributed by atoms with E-state index in [9.17, 15) is 0 Å². The zero-order valence-corrected chi connectivity index (χ0v) is 16.8. The molecule has 2 heteroatoms. The number of aryl methyl sites for hydroxylation is 2. The highest BCUT2D eigenvalue weighted by Crippen LogP contribution is 2.40.